The summed E-state index contributed by atoms with van der Waals surface area (Å²) in [5, 5.41) is 9.02. The van der Waals surface area contributed by atoms with Crippen molar-refractivity contribution in [3.63, 3.8) is 0 Å². The first-order valence-electron chi connectivity index (χ1n) is 8.40. The van der Waals surface area contributed by atoms with Gasteiger partial charge in [0.05, 0.1) is 6.61 Å². The highest BCUT2D eigenvalue weighted by Crippen LogP contribution is 2.30. The number of ether oxygens (including phenoxy) is 1. The molecule has 0 unspecified atom stereocenters. The molecule has 0 aliphatic carbocycles. The lowest BCUT2D eigenvalue weighted by Gasteiger charge is -2.20. The van der Waals surface area contributed by atoms with Crippen LogP contribution in [-0.2, 0) is 4.79 Å². The molecule has 0 bridgehead atoms. The van der Waals surface area contributed by atoms with E-state index in [4.69, 9.17) is 9.84 Å². The first-order valence-corrected chi connectivity index (χ1v) is 8.40. The zero-order chi connectivity index (χ0) is 18.2. The third kappa shape index (κ3) is 4.83. The molecule has 0 heterocycles. The van der Waals surface area contributed by atoms with E-state index in [0.717, 1.165) is 16.9 Å². The summed E-state index contributed by atoms with van der Waals surface area (Å²) in [6, 6.07) is 14.9. The van der Waals surface area contributed by atoms with E-state index >= 15 is 0 Å². The van der Waals surface area contributed by atoms with Crippen molar-refractivity contribution in [1.82, 2.24) is 4.90 Å². The number of carboxylic acids is 1. The lowest BCUT2D eigenvalue weighted by Crippen LogP contribution is -2.36. The highest BCUT2D eigenvalue weighted by atomic mass is 16.5. The lowest BCUT2D eigenvalue weighted by molar-refractivity contribution is -0.137. The molecule has 5 nitrogen and oxygen atoms in total. The average molecular weight is 341 g/mol. The van der Waals surface area contributed by atoms with Crippen LogP contribution >= 0.6 is 0 Å². The Hall–Kier alpha value is -2.82. The van der Waals surface area contributed by atoms with Gasteiger partial charge in [0.2, 0.25) is 0 Å². The molecule has 0 saturated carbocycles. The van der Waals surface area contributed by atoms with Gasteiger partial charge >= 0.3 is 5.97 Å². The van der Waals surface area contributed by atoms with Crippen LogP contribution in [0, 0.1) is 0 Å². The number of amides is 1. The third-order valence-electron chi connectivity index (χ3n) is 3.71. The molecule has 0 aliphatic heterocycles. The number of carboxylic acid groups (broad SMARTS) is 1. The van der Waals surface area contributed by atoms with Gasteiger partial charge in [-0.1, -0.05) is 37.3 Å². The molecule has 0 fully saturated rings. The Morgan fingerprint density at radius 1 is 1.08 bits per heavy atom. The van der Waals surface area contributed by atoms with Crippen molar-refractivity contribution in [1.29, 1.82) is 0 Å². The number of aliphatic carboxylic acids is 1. The van der Waals surface area contributed by atoms with Crippen molar-refractivity contribution in [2.24, 2.45) is 0 Å². The molecule has 132 valence electrons. The molecular formula is C20H23NO4. The maximum absolute atomic E-state index is 12.7. The minimum absolute atomic E-state index is 0.278. The summed E-state index contributed by atoms with van der Waals surface area (Å²) >= 11 is 0. The van der Waals surface area contributed by atoms with Crippen LogP contribution in [0.3, 0.4) is 0 Å². The van der Waals surface area contributed by atoms with E-state index in [1.165, 1.54) is 4.90 Å². The van der Waals surface area contributed by atoms with Crippen LogP contribution in [-0.4, -0.2) is 41.6 Å². The topological polar surface area (TPSA) is 66.8 Å². The summed E-state index contributed by atoms with van der Waals surface area (Å²) in [4.78, 5) is 25.1. The Morgan fingerprint density at radius 3 is 2.52 bits per heavy atom. The summed E-state index contributed by atoms with van der Waals surface area (Å²) in [7, 11) is 0. The van der Waals surface area contributed by atoms with Crippen LogP contribution in [0.15, 0.2) is 48.5 Å². The van der Waals surface area contributed by atoms with E-state index in [9.17, 15) is 9.59 Å². The first kappa shape index (κ1) is 18.5. The van der Waals surface area contributed by atoms with E-state index in [1.807, 2.05) is 44.2 Å². The van der Waals surface area contributed by atoms with Crippen molar-refractivity contribution in [2.45, 2.75) is 20.3 Å². The average Bonchev–Trinajstić information content (AvgIpc) is 2.61. The van der Waals surface area contributed by atoms with Crippen LogP contribution in [0.5, 0.6) is 5.75 Å². The molecule has 2 aromatic carbocycles. The normalized spacial score (nSPS) is 10.3. The van der Waals surface area contributed by atoms with Crippen LogP contribution < -0.4 is 4.74 Å². The number of hydrogen-bond acceptors (Lipinski definition) is 3. The second kappa shape index (κ2) is 8.87. The minimum Gasteiger partial charge on any atom is -0.493 e. The largest absolute Gasteiger partial charge is 0.493 e. The van der Waals surface area contributed by atoms with E-state index < -0.39 is 5.97 Å². The van der Waals surface area contributed by atoms with Gasteiger partial charge in [-0.05, 0) is 37.1 Å². The monoisotopic (exact) mass is 341 g/mol. The Balaban J connectivity index is 2.35. The van der Waals surface area contributed by atoms with Crippen LogP contribution in [0.4, 0.5) is 0 Å². The lowest BCUT2D eigenvalue weighted by atomic mass is 10.0. The number of carbonyl (C=O) groups excluding carboxylic acids is 1. The minimum atomic E-state index is -1.01. The van der Waals surface area contributed by atoms with Gasteiger partial charge in [0.25, 0.3) is 5.91 Å². The predicted molar refractivity (Wildman–Crippen MR) is 96.9 cm³/mol. The van der Waals surface area contributed by atoms with Gasteiger partial charge in [0, 0.05) is 17.7 Å². The van der Waals surface area contributed by atoms with E-state index in [1.54, 1.807) is 18.2 Å². The number of rotatable bonds is 8. The van der Waals surface area contributed by atoms with Crippen LogP contribution in [0.25, 0.3) is 11.1 Å². The Labute approximate surface area is 147 Å². The Morgan fingerprint density at radius 2 is 1.84 bits per heavy atom. The third-order valence-corrected chi connectivity index (χ3v) is 3.71. The van der Waals surface area contributed by atoms with Gasteiger partial charge in [0.1, 0.15) is 12.3 Å². The summed E-state index contributed by atoms with van der Waals surface area (Å²) in [6.07, 6.45) is 0.700. The van der Waals surface area contributed by atoms with Crippen molar-refractivity contribution in [3.05, 3.63) is 54.1 Å². The molecular weight excluding hydrogens is 318 g/mol. The zero-order valence-corrected chi connectivity index (χ0v) is 14.6. The quantitative estimate of drug-likeness (QED) is 0.795. The summed E-state index contributed by atoms with van der Waals surface area (Å²) < 4.78 is 5.66. The second-order valence-electron chi connectivity index (χ2n) is 5.63. The van der Waals surface area contributed by atoms with Gasteiger partial charge in [-0.25, -0.2) is 0 Å². The molecule has 2 rings (SSSR count). The van der Waals surface area contributed by atoms with E-state index in [2.05, 4.69) is 0 Å². The number of para-hydroxylation sites is 1. The van der Waals surface area contributed by atoms with Gasteiger partial charge in [-0.2, -0.15) is 0 Å². The first-order chi connectivity index (χ1) is 12.1. The summed E-state index contributed by atoms with van der Waals surface area (Å²) in [5.74, 6) is -0.537. The summed E-state index contributed by atoms with van der Waals surface area (Å²) in [6.45, 7) is 4.50. The number of carbonyl (C=O) groups is 2. The molecule has 0 spiro atoms. The molecule has 5 heteroatoms. The summed E-state index contributed by atoms with van der Waals surface area (Å²) in [5.41, 5.74) is 2.24. The van der Waals surface area contributed by atoms with Crippen molar-refractivity contribution >= 4 is 11.9 Å². The van der Waals surface area contributed by atoms with Crippen LogP contribution in [0.1, 0.15) is 30.6 Å². The standard InChI is InChI=1S/C20H23NO4/c1-3-12-21(14-19(22)23)20(24)16-9-7-8-15(13-16)17-10-5-6-11-18(17)25-4-2/h5-11,13H,3-4,12,14H2,1-2H3,(H,22,23). The fraction of sp³-hybridized carbons (Fsp3) is 0.300. The smallest absolute Gasteiger partial charge is 0.323 e. The van der Waals surface area contributed by atoms with Crippen molar-refractivity contribution in [2.75, 3.05) is 19.7 Å². The molecule has 1 N–H and O–H groups in total. The fourth-order valence-electron chi connectivity index (χ4n) is 2.67. The zero-order valence-electron chi connectivity index (χ0n) is 14.6. The molecule has 0 aromatic heterocycles. The van der Waals surface area contributed by atoms with Gasteiger partial charge in [-0.15, -0.1) is 0 Å². The molecule has 0 saturated heterocycles. The molecule has 2 aromatic rings. The molecule has 0 radical (unpaired) electrons. The molecule has 0 aliphatic rings. The Bertz CT molecular complexity index is 742. The second-order valence-corrected chi connectivity index (χ2v) is 5.63. The molecule has 25 heavy (non-hydrogen) atoms. The Kier molecular flexibility index (Phi) is 6.57. The highest BCUT2D eigenvalue weighted by molar-refractivity contribution is 5.97. The van der Waals surface area contributed by atoms with E-state index in [-0.39, 0.29) is 12.5 Å². The van der Waals surface area contributed by atoms with Gasteiger partial charge < -0.3 is 14.7 Å². The van der Waals surface area contributed by atoms with E-state index in [0.29, 0.717) is 25.1 Å². The highest BCUT2D eigenvalue weighted by Gasteiger charge is 2.18. The number of hydrogen-bond donors (Lipinski definition) is 1. The number of benzene rings is 2. The SMILES string of the molecule is CCCN(CC(=O)O)C(=O)c1cccc(-c2ccccc2OCC)c1. The molecule has 0 atom stereocenters. The van der Waals surface area contributed by atoms with Gasteiger partial charge in [-0.3, -0.25) is 9.59 Å². The number of nitrogens with zero attached hydrogens (tertiary/aromatic N) is 1. The van der Waals surface area contributed by atoms with Crippen molar-refractivity contribution in [3.8, 4) is 16.9 Å². The maximum atomic E-state index is 12.7. The predicted octanol–water partition coefficient (Wildman–Crippen LogP) is 3.69. The van der Waals surface area contributed by atoms with Gasteiger partial charge in [0.15, 0.2) is 0 Å². The maximum Gasteiger partial charge on any atom is 0.323 e. The van der Waals surface area contributed by atoms with Crippen molar-refractivity contribution < 1.29 is 19.4 Å². The molecule has 1 amide bonds. The fourth-order valence-corrected chi connectivity index (χ4v) is 2.67. The van der Waals surface area contributed by atoms with Crippen LogP contribution in [0.2, 0.25) is 0 Å².